The van der Waals surface area contributed by atoms with Crippen LogP contribution in [0.25, 0.3) is 6.08 Å². The van der Waals surface area contributed by atoms with Crippen molar-refractivity contribution >= 4 is 21.8 Å². The van der Waals surface area contributed by atoms with Gasteiger partial charge in [0.25, 0.3) is 0 Å². The fraction of sp³-hybridized carbons (Fsp3) is 0.263. The highest BCUT2D eigenvalue weighted by Crippen LogP contribution is 2.21. The standard InChI is InChI=1S/C19H22N2O3S/c1-24-19-9-7-18(8-10-19)20-12-14-21(15-13-20)25(22,23)16-11-17-5-3-2-4-6-17/h2-11,16H,12-15H2,1H3/b16-11+. The van der Waals surface area contributed by atoms with Gasteiger partial charge in [0.15, 0.2) is 0 Å². The maximum Gasteiger partial charge on any atom is 0.236 e. The Bertz CT molecular complexity index is 810. The van der Waals surface area contributed by atoms with Crippen molar-refractivity contribution in [1.82, 2.24) is 4.31 Å². The normalized spacial score (nSPS) is 16.3. The summed E-state index contributed by atoms with van der Waals surface area (Å²) in [6.45, 7) is 2.30. The van der Waals surface area contributed by atoms with Crippen LogP contribution in [-0.2, 0) is 10.0 Å². The van der Waals surface area contributed by atoms with E-state index < -0.39 is 10.0 Å². The van der Waals surface area contributed by atoms with Crippen LogP contribution in [0, 0.1) is 0 Å². The zero-order valence-electron chi connectivity index (χ0n) is 14.2. The highest BCUT2D eigenvalue weighted by molar-refractivity contribution is 7.92. The fourth-order valence-corrected chi connectivity index (χ4v) is 3.98. The molecule has 0 bridgehead atoms. The summed E-state index contributed by atoms with van der Waals surface area (Å²) >= 11 is 0. The molecule has 0 aliphatic carbocycles. The summed E-state index contributed by atoms with van der Waals surface area (Å²) in [4.78, 5) is 2.19. The van der Waals surface area contributed by atoms with E-state index in [1.165, 1.54) is 9.71 Å². The largest absolute Gasteiger partial charge is 0.497 e. The van der Waals surface area contributed by atoms with E-state index in [0.717, 1.165) is 17.0 Å². The molecular formula is C19H22N2O3S. The van der Waals surface area contributed by atoms with Crippen LogP contribution in [0.3, 0.4) is 0 Å². The summed E-state index contributed by atoms with van der Waals surface area (Å²) in [7, 11) is -1.75. The van der Waals surface area contributed by atoms with Gasteiger partial charge in [0.2, 0.25) is 10.0 Å². The molecule has 25 heavy (non-hydrogen) atoms. The molecule has 2 aromatic rings. The number of benzene rings is 2. The molecule has 6 heteroatoms. The first kappa shape index (κ1) is 17.5. The van der Waals surface area contributed by atoms with E-state index in [1.807, 2.05) is 54.6 Å². The highest BCUT2D eigenvalue weighted by Gasteiger charge is 2.25. The molecule has 0 N–H and O–H groups in total. The number of hydrogen-bond donors (Lipinski definition) is 0. The molecule has 5 nitrogen and oxygen atoms in total. The van der Waals surface area contributed by atoms with Crippen LogP contribution in [0.4, 0.5) is 5.69 Å². The molecule has 2 aromatic carbocycles. The number of hydrogen-bond acceptors (Lipinski definition) is 4. The Hall–Kier alpha value is -2.31. The molecule has 0 aromatic heterocycles. The van der Waals surface area contributed by atoms with Crippen molar-refractivity contribution in [3.63, 3.8) is 0 Å². The number of anilines is 1. The second kappa shape index (κ2) is 7.72. The number of ether oxygens (including phenoxy) is 1. The first-order valence-corrected chi connectivity index (χ1v) is 9.71. The smallest absolute Gasteiger partial charge is 0.236 e. The van der Waals surface area contributed by atoms with E-state index in [0.29, 0.717) is 26.2 Å². The van der Waals surface area contributed by atoms with Crippen LogP contribution >= 0.6 is 0 Å². The monoisotopic (exact) mass is 358 g/mol. The third kappa shape index (κ3) is 4.41. The second-order valence-electron chi connectivity index (χ2n) is 5.84. The zero-order valence-corrected chi connectivity index (χ0v) is 15.0. The lowest BCUT2D eigenvalue weighted by atomic mass is 10.2. The van der Waals surface area contributed by atoms with Gasteiger partial charge < -0.3 is 9.64 Å². The van der Waals surface area contributed by atoms with Gasteiger partial charge in [-0.2, -0.15) is 4.31 Å². The van der Waals surface area contributed by atoms with Crippen molar-refractivity contribution in [3.8, 4) is 5.75 Å². The first-order chi connectivity index (χ1) is 12.1. The first-order valence-electron chi connectivity index (χ1n) is 8.21. The van der Waals surface area contributed by atoms with Gasteiger partial charge in [-0.1, -0.05) is 30.3 Å². The van der Waals surface area contributed by atoms with Crippen LogP contribution in [-0.4, -0.2) is 46.0 Å². The quantitative estimate of drug-likeness (QED) is 0.825. The van der Waals surface area contributed by atoms with Gasteiger partial charge in [0.05, 0.1) is 7.11 Å². The molecule has 0 spiro atoms. The van der Waals surface area contributed by atoms with E-state index in [-0.39, 0.29) is 0 Å². The third-order valence-corrected chi connectivity index (χ3v) is 5.83. The second-order valence-corrected chi connectivity index (χ2v) is 7.66. The summed E-state index contributed by atoms with van der Waals surface area (Å²) in [6.07, 6.45) is 1.64. The molecule has 0 saturated carbocycles. The van der Waals surface area contributed by atoms with Gasteiger partial charge in [0.1, 0.15) is 5.75 Å². The summed E-state index contributed by atoms with van der Waals surface area (Å²) < 4.78 is 31.7. The Morgan fingerprint density at radius 2 is 1.56 bits per heavy atom. The van der Waals surface area contributed by atoms with Gasteiger partial charge in [-0.3, -0.25) is 0 Å². The lowest BCUT2D eigenvalue weighted by Gasteiger charge is -2.34. The highest BCUT2D eigenvalue weighted by atomic mass is 32.2. The molecule has 0 amide bonds. The van der Waals surface area contributed by atoms with Crippen molar-refractivity contribution in [3.05, 3.63) is 65.6 Å². The number of sulfonamides is 1. The van der Waals surface area contributed by atoms with Crippen LogP contribution in [0.1, 0.15) is 5.56 Å². The fourth-order valence-electron chi connectivity index (χ4n) is 2.81. The average molecular weight is 358 g/mol. The van der Waals surface area contributed by atoms with Crippen molar-refractivity contribution in [2.75, 3.05) is 38.2 Å². The maximum absolute atomic E-state index is 12.5. The lowest BCUT2D eigenvalue weighted by molar-refractivity contribution is 0.389. The molecule has 0 unspecified atom stereocenters. The lowest BCUT2D eigenvalue weighted by Crippen LogP contribution is -2.48. The molecular weight excluding hydrogens is 336 g/mol. The summed E-state index contributed by atoms with van der Waals surface area (Å²) in [5.41, 5.74) is 1.96. The predicted molar refractivity (Wildman–Crippen MR) is 101 cm³/mol. The van der Waals surface area contributed by atoms with Crippen LogP contribution in [0.5, 0.6) is 5.75 Å². The van der Waals surface area contributed by atoms with E-state index in [4.69, 9.17) is 4.74 Å². The molecule has 3 rings (SSSR count). The van der Waals surface area contributed by atoms with E-state index >= 15 is 0 Å². The summed E-state index contributed by atoms with van der Waals surface area (Å²) in [5.74, 6) is 0.816. The van der Waals surface area contributed by atoms with Gasteiger partial charge in [-0.25, -0.2) is 8.42 Å². The maximum atomic E-state index is 12.5. The number of methoxy groups -OCH3 is 1. The molecule has 0 atom stereocenters. The van der Waals surface area contributed by atoms with Crippen LogP contribution in [0.2, 0.25) is 0 Å². The minimum Gasteiger partial charge on any atom is -0.497 e. The van der Waals surface area contributed by atoms with Crippen LogP contribution in [0.15, 0.2) is 60.0 Å². The Balaban J connectivity index is 1.61. The van der Waals surface area contributed by atoms with Gasteiger partial charge >= 0.3 is 0 Å². The van der Waals surface area contributed by atoms with Crippen molar-refractivity contribution in [2.24, 2.45) is 0 Å². The minimum absolute atomic E-state index is 0.480. The Morgan fingerprint density at radius 1 is 0.920 bits per heavy atom. The van der Waals surface area contributed by atoms with Crippen LogP contribution < -0.4 is 9.64 Å². The van der Waals surface area contributed by atoms with Gasteiger partial charge in [0, 0.05) is 37.3 Å². The van der Waals surface area contributed by atoms with Gasteiger partial charge in [-0.05, 0) is 35.9 Å². The predicted octanol–water partition coefficient (Wildman–Crippen LogP) is 2.82. The molecule has 1 heterocycles. The zero-order chi connectivity index (χ0) is 17.7. The van der Waals surface area contributed by atoms with Crippen molar-refractivity contribution < 1.29 is 13.2 Å². The van der Waals surface area contributed by atoms with Crippen molar-refractivity contribution in [2.45, 2.75) is 0 Å². The molecule has 1 aliphatic heterocycles. The Kier molecular flexibility index (Phi) is 5.40. The van der Waals surface area contributed by atoms with E-state index in [9.17, 15) is 8.42 Å². The van der Waals surface area contributed by atoms with E-state index in [1.54, 1.807) is 13.2 Å². The average Bonchev–Trinajstić information content (AvgIpc) is 2.67. The minimum atomic E-state index is -3.39. The number of rotatable bonds is 5. The number of nitrogens with zero attached hydrogens (tertiary/aromatic N) is 2. The summed E-state index contributed by atoms with van der Waals surface area (Å²) in [6, 6.07) is 17.3. The third-order valence-electron chi connectivity index (χ3n) is 4.27. The Labute approximate surface area is 149 Å². The molecule has 1 fully saturated rings. The van der Waals surface area contributed by atoms with E-state index in [2.05, 4.69) is 4.90 Å². The molecule has 132 valence electrons. The summed E-state index contributed by atoms with van der Waals surface area (Å²) in [5, 5.41) is 1.30. The van der Waals surface area contributed by atoms with Crippen molar-refractivity contribution in [1.29, 1.82) is 0 Å². The number of piperazine rings is 1. The molecule has 1 saturated heterocycles. The molecule has 0 radical (unpaired) electrons. The SMILES string of the molecule is COc1ccc(N2CCN(S(=O)(=O)/C=C/c3ccccc3)CC2)cc1. The van der Waals surface area contributed by atoms with Gasteiger partial charge in [-0.15, -0.1) is 0 Å². The topological polar surface area (TPSA) is 49.9 Å². The molecule has 1 aliphatic rings. The Morgan fingerprint density at radius 3 is 2.16 bits per heavy atom.